The Labute approximate surface area is 176 Å². The first kappa shape index (κ1) is 23.2. The van der Waals surface area contributed by atoms with Crippen LogP contribution in [0.1, 0.15) is 0 Å². The van der Waals surface area contributed by atoms with Gasteiger partial charge in [-0.1, -0.05) is 0 Å². The number of nitrogens with one attached hydrogen (secondary N) is 1. The number of anilines is 4. The van der Waals surface area contributed by atoms with Gasteiger partial charge in [-0.3, -0.25) is 4.72 Å². The molecule has 0 aliphatic heterocycles. The molecule has 0 atom stereocenters. The Morgan fingerprint density at radius 1 is 0.733 bits per heavy atom. The predicted molar refractivity (Wildman–Crippen MR) is 115 cm³/mol. The quantitative estimate of drug-likeness (QED) is 0.222. The summed E-state index contributed by atoms with van der Waals surface area (Å²) < 4.78 is 58.1. The van der Waals surface area contributed by atoms with Gasteiger partial charge in [0, 0.05) is 17.1 Å². The molecule has 0 saturated carbocycles. The van der Waals surface area contributed by atoms with E-state index in [1.807, 2.05) is 0 Å². The van der Waals surface area contributed by atoms with Crippen molar-refractivity contribution in [2.24, 2.45) is 0 Å². The summed E-state index contributed by atoms with van der Waals surface area (Å²) in [5.41, 5.74) is 18.4. The zero-order valence-corrected chi connectivity index (χ0v) is 18.2. The summed E-state index contributed by atoms with van der Waals surface area (Å²) >= 11 is -5.02. The van der Waals surface area contributed by atoms with Crippen molar-refractivity contribution in [1.29, 1.82) is 0 Å². The Balaban J connectivity index is 0.000000232. The van der Waals surface area contributed by atoms with Crippen molar-refractivity contribution < 1.29 is 24.1 Å². The van der Waals surface area contributed by atoms with Crippen LogP contribution in [0.4, 0.5) is 22.7 Å². The molecule has 9 N–H and O–H groups in total. The van der Waals surface area contributed by atoms with Gasteiger partial charge in [-0.25, -0.2) is 8.42 Å². The number of nitrogens with two attached hydrogens (primary N) is 3. The van der Waals surface area contributed by atoms with Gasteiger partial charge in [0.2, 0.25) is 0 Å². The van der Waals surface area contributed by atoms with E-state index in [0.717, 1.165) is 0 Å². The van der Waals surface area contributed by atoms with Crippen molar-refractivity contribution in [1.82, 2.24) is 0 Å². The second-order valence-corrected chi connectivity index (χ2v) is 10.1. The van der Waals surface area contributed by atoms with E-state index in [-0.39, 0.29) is 10.6 Å². The van der Waals surface area contributed by atoms with E-state index in [2.05, 4.69) is 8.45 Å². The molecule has 0 heterocycles. The van der Waals surface area contributed by atoms with Crippen LogP contribution in [-0.2, 0) is 13.8 Å². The fourth-order valence-electron chi connectivity index (χ4n) is 2.08. The van der Waals surface area contributed by atoms with Gasteiger partial charge in [-0.15, -0.1) is 0 Å². The summed E-state index contributed by atoms with van der Waals surface area (Å²) in [6, 6.07) is 18.2. The molecule has 0 saturated heterocycles. The molecular weight excluding hydrogens is 475 g/mol. The molecule has 0 spiro atoms. The third-order valence-corrected chi connectivity index (χ3v) is 5.80. The number of hydrogen-bond acceptors (Lipinski definition) is 7. The van der Waals surface area contributed by atoms with Gasteiger partial charge >= 0.3 is 71.6 Å². The summed E-state index contributed by atoms with van der Waals surface area (Å²) in [4.78, 5) is 0.161. The van der Waals surface area contributed by atoms with Gasteiger partial charge in [0.25, 0.3) is 10.0 Å². The fourth-order valence-corrected chi connectivity index (χ4v) is 3.97. The number of sulfonamides is 1. The number of rotatable bonds is 5. The number of nitrogen functional groups attached to an aromatic ring is 3. The maximum atomic E-state index is 12.0. The fraction of sp³-hybridized carbons (Fsp3) is 0. The van der Waals surface area contributed by atoms with Gasteiger partial charge in [0.15, 0.2) is 0 Å². The Morgan fingerprint density at radius 3 is 1.57 bits per heavy atom. The van der Waals surface area contributed by atoms with E-state index >= 15 is 0 Å². The molecule has 30 heavy (non-hydrogen) atoms. The summed E-state index contributed by atoms with van der Waals surface area (Å²) in [6.45, 7) is 0. The summed E-state index contributed by atoms with van der Waals surface area (Å²) in [5.74, 6) is 0.122. The van der Waals surface area contributed by atoms with E-state index in [9.17, 15) is 12.2 Å². The molecule has 0 radical (unpaired) electrons. The Hall–Kier alpha value is -3.11. The molecule has 0 aliphatic carbocycles. The third-order valence-electron chi connectivity index (χ3n) is 3.46. The molecule has 0 aromatic heterocycles. The molecule has 0 aliphatic rings. The topological polar surface area (TPSA) is 191 Å². The van der Waals surface area contributed by atoms with Gasteiger partial charge in [0.05, 0.1) is 4.90 Å². The van der Waals surface area contributed by atoms with E-state index < -0.39 is 24.5 Å². The van der Waals surface area contributed by atoms with E-state index in [1.54, 1.807) is 24.3 Å². The van der Waals surface area contributed by atoms with Crippen LogP contribution in [0.5, 0.6) is 5.75 Å². The van der Waals surface area contributed by atoms with E-state index in [0.29, 0.717) is 22.7 Å². The third kappa shape index (κ3) is 7.72. The standard InChI is InChI=1S/C12H13N3O2S.C6H8AsNO4/c13-9-1-5-11(6-2-9)15-18(16,17)12-7-3-10(14)4-8-12;8-5-1-3-6(4-2-5)12-7(9,10)11/h1-8,15H,13-14H2;1-4H,8H2,(H2,9,10,11). The Morgan fingerprint density at radius 2 is 1.13 bits per heavy atom. The van der Waals surface area contributed by atoms with Gasteiger partial charge in [-0.05, 0) is 48.5 Å². The SMILES string of the molecule is Nc1ccc(NS(=O)(=O)c2ccc(N)cc2)cc1.Nc1ccc(O[As](=O)(O)O)cc1. The van der Waals surface area contributed by atoms with Crippen molar-refractivity contribution in [3.8, 4) is 5.75 Å². The van der Waals surface area contributed by atoms with Crippen LogP contribution in [0.3, 0.4) is 0 Å². The van der Waals surface area contributed by atoms with E-state index in [1.165, 1.54) is 48.5 Å². The molecule has 3 rings (SSSR count). The van der Waals surface area contributed by atoms with Crippen LogP contribution < -0.4 is 25.6 Å². The van der Waals surface area contributed by atoms with Crippen LogP contribution in [0.15, 0.2) is 77.7 Å². The second kappa shape index (κ2) is 9.59. The maximum absolute atomic E-state index is 12.0. The first-order valence-corrected chi connectivity index (χ1v) is 13.0. The molecule has 3 aromatic rings. The molecular formula is C18H21AsN4O6S. The van der Waals surface area contributed by atoms with Crippen LogP contribution in [0.2, 0.25) is 0 Å². The average Bonchev–Trinajstić information content (AvgIpc) is 2.65. The number of benzene rings is 3. The summed E-state index contributed by atoms with van der Waals surface area (Å²) in [6.07, 6.45) is 0. The Bertz CT molecular complexity index is 1110. The van der Waals surface area contributed by atoms with Crippen LogP contribution in [0.25, 0.3) is 0 Å². The van der Waals surface area contributed by atoms with Gasteiger partial charge in [-0.2, -0.15) is 0 Å². The second-order valence-electron chi connectivity index (χ2n) is 5.95. The molecule has 160 valence electrons. The van der Waals surface area contributed by atoms with Crippen LogP contribution in [-0.4, -0.2) is 31.1 Å². The van der Waals surface area contributed by atoms with Gasteiger partial charge < -0.3 is 11.5 Å². The normalized spacial score (nSPS) is 11.1. The molecule has 12 heteroatoms. The predicted octanol–water partition coefficient (Wildman–Crippen LogP) is 1.15. The number of hydrogen-bond donors (Lipinski definition) is 6. The minimum absolute atomic E-state index is 0.122. The van der Waals surface area contributed by atoms with Crippen LogP contribution >= 0.6 is 0 Å². The minimum atomic E-state index is -5.02. The van der Waals surface area contributed by atoms with Crippen molar-refractivity contribution in [2.75, 3.05) is 21.9 Å². The zero-order valence-electron chi connectivity index (χ0n) is 15.5. The molecule has 0 fully saturated rings. The average molecular weight is 496 g/mol. The van der Waals surface area contributed by atoms with Crippen molar-refractivity contribution in [3.05, 3.63) is 72.8 Å². The summed E-state index contributed by atoms with van der Waals surface area (Å²) in [7, 11) is -3.59. The first-order valence-electron chi connectivity index (χ1n) is 8.29. The molecule has 0 unspecified atom stereocenters. The molecule has 10 nitrogen and oxygen atoms in total. The zero-order chi connectivity index (χ0) is 22.4. The van der Waals surface area contributed by atoms with Gasteiger partial charge in [0.1, 0.15) is 0 Å². The van der Waals surface area contributed by atoms with Crippen molar-refractivity contribution in [3.63, 3.8) is 0 Å². The first-order chi connectivity index (χ1) is 13.9. The molecule has 3 aromatic carbocycles. The summed E-state index contributed by atoms with van der Waals surface area (Å²) in [5, 5.41) is 0. The Kier molecular flexibility index (Phi) is 7.41. The van der Waals surface area contributed by atoms with Crippen LogP contribution in [0, 0.1) is 0 Å². The van der Waals surface area contributed by atoms with E-state index in [4.69, 9.17) is 25.4 Å². The molecule has 0 amide bonds. The van der Waals surface area contributed by atoms with Crippen molar-refractivity contribution >= 4 is 47.3 Å². The monoisotopic (exact) mass is 496 g/mol. The molecule has 0 bridgehead atoms. The van der Waals surface area contributed by atoms with Crippen molar-refractivity contribution in [2.45, 2.75) is 4.90 Å².